The van der Waals surface area contributed by atoms with E-state index in [-0.39, 0.29) is 11.7 Å². The number of aryl methyl sites for hydroxylation is 1. The van der Waals surface area contributed by atoms with Gasteiger partial charge in [-0.05, 0) is 42.8 Å². The average molecular weight is 264 g/mol. The summed E-state index contributed by atoms with van der Waals surface area (Å²) in [6, 6.07) is 11.0. The zero-order valence-electron chi connectivity index (χ0n) is 9.71. The molecule has 0 bridgehead atoms. The summed E-state index contributed by atoms with van der Waals surface area (Å²) in [6.07, 6.45) is 0. The molecule has 0 atom stereocenters. The molecule has 2 aromatic carbocycles. The molecule has 0 saturated carbocycles. The molecule has 0 spiro atoms. The van der Waals surface area contributed by atoms with Crippen LogP contribution in [-0.4, -0.2) is 5.91 Å². The Hall–Kier alpha value is -1.87. The van der Waals surface area contributed by atoms with Crippen LogP contribution in [0, 0.1) is 12.7 Å². The largest absolute Gasteiger partial charge is 0.321 e. The average Bonchev–Trinajstić information content (AvgIpc) is 2.32. The third-order valence-corrected chi connectivity index (χ3v) is 2.88. The molecule has 1 amide bonds. The first-order valence-electron chi connectivity index (χ1n) is 5.40. The fourth-order valence-electron chi connectivity index (χ4n) is 1.63. The van der Waals surface area contributed by atoms with E-state index in [1.54, 1.807) is 31.2 Å². The van der Waals surface area contributed by atoms with Crippen LogP contribution in [-0.2, 0) is 0 Å². The van der Waals surface area contributed by atoms with Gasteiger partial charge < -0.3 is 5.32 Å². The number of rotatable bonds is 2. The number of nitrogens with one attached hydrogen (secondary N) is 1. The quantitative estimate of drug-likeness (QED) is 0.870. The van der Waals surface area contributed by atoms with Crippen molar-refractivity contribution in [3.63, 3.8) is 0 Å². The Balaban J connectivity index is 2.25. The second-order valence-corrected chi connectivity index (χ2v) is 4.30. The van der Waals surface area contributed by atoms with Crippen LogP contribution in [0.5, 0.6) is 0 Å². The Morgan fingerprint density at radius 3 is 2.61 bits per heavy atom. The summed E-state index contributed by atoms with van der Waals surface area (Å²) in [4.78, 5) is 12.0. The summed E-state index contributed by atoms with van der Waals surface area (Å²) in [7, 11) is 0. The van der Waals surface area contributed by atoms with Crippen molar-refractivity contribution in [3.05, 3.63) is 64.4 Å². The van der Waals surface area contributed by atoms with E-state index < -0.39 is 0 Å². The van der Waals surface area contributed by atoms with Gasteiger partial charge in [-0.15, -0.1) is 0 Å². The second-order valence-electron chi connectivity index (χ2n) is 3.89. The molecule has 0 aliphatic heterocycles. The molecule has 0 radical (unpaired) electrons. The van der Waals surface area contributed by atoms with Gasteiger partial charge in [-0.2, -0.15) is 0 Å². The molecule has 18 heavy (non-hydrogen) atoms. The Morgan fingerprint density at radius 1 is 1.22 bits per heavy atom. The van der Waals surface area contributed by atoms with Crippen LogP contribution in [0.2, 0.25) is 5.02 Å². The van der Waals surface area contributed by atoms with E-state index in [1.165, 1.54) is 18.2 Å². The number of hydrogen-bond donors (Lipinski definition) is 1. The lowest BCUT2D eigenvalue weighted by Gasteiger charge is -2.08. The summed E-state index contributed by atoms with van der Waals surface area (Å²) < 4.78 is 12.9. The first-order valence-corrected chi connectivity index (χ1v) is 5.78. The number of carbonyl (C=O) groups is 1. The van der Waals surface area contributed by atoms with Crippen LogP contribution in [0.15, 0.2) is 42.5 Å². The topological polar surface area (TPSA) is 29.1 Å². The highest BCUT2D eigenvalue weighted by atomic mass is 35.5. The summed E-state index contributed by atoms with van der Waals surface area (Å²) >= 11 is 5.95. The van der Waals surface area contributed by atoms with Crippen molar-refractivity contribution >= 4 is 23.2 Å². The van der Waals surface area contributed by atoms with Crippen molar-refractivity contribution in [1.29, 1.82) is 0 Å². The zero-order valence-corrected chi connectivity index (χ0v) is 10.5. The third kappa shape index (κ3) is 2.68. The molecule has 4 heteroatoms. The van der Waals surface area contributed by atoms with E-state index in [1.807, 2.05) is 0 Å². The van der Waals surface area contributed by atoms with Gasteiger partial charge in [0.15, 0.2) is 0 Å². The molecule has 0 saturated heterocycles. The minimum atomic E-state index is -0.359. The van der Waals surface area contributed by atoms with Gasteiger partial charge in [0, 0.05) is 5.56 Å². The van der Waals surface area contributed by atoms with Crippen LogP contribution in [0.4, 0.5) is 10.1 Å². The monoisotopic (exact) mass is 263 g/mol. The normalized spacial score (nSPS) is 10.2. The number of amides is 1. The van der Waals surface area contributed by atoms with Gasteiger partial charge in [0.1, 0.15) is 5.82 Å². The van der Waals surface area contributed by atoms with Gasteiger partial charge in [-0.3, -0.25) is 4.79 Å². The van der Waals surface area contributed by atoms with E-state index >= 15 is 0 Å². The highest BCUT2D eigenvalue weighted by molar-refractivity contribution is 6.33. The fourth-order valence-corrected chi connectivity index (χ4v) is 1.82. The Bertz CT molecular complexity index is 598. The van der Waals surface area contributed by atoms with Gasteiger partial charge in [-0.25, -0.2) is 4.39 Å². The van der Waals surface area contributed by atoms with Crippen LogP contribution in [0.3, 0.4) is 0 Å². The van der Waals surface area contributed by atoms with Crippen LogP contribution >= 0.6 is 11.6 Å². The van der Waals surface area contributed by atoms with Crippen molar-refractivity contribution in [2.24, 2.45) is 0 Å². The number of para-hydroxylation sites is 1. The minimum absolute atomic E-state index is 0.305. The summed E-state index contributed by atoms with van der Waals surface area (Å²) in [6.45, 7) is 1.69. The SMILES string of the molecule is Cc1cc(F)ccc1C(=O)Nc1ccccc1Cl. The predicted molar refractivity (Wildman–Crippen MR) is 70.5 cm³/mol. The van der Waals surface area contributed by atoms with Crippen molar-refractivity contribution in [2.75, 3.05) is 5.32 Å². The van der Waals surface area contributed by atoms with Crippen molar-refractivity contribution in [2.45, 2.75) is 6.92 Å². The number of hydrogen-bond acceptors (Lipinski definition) is 1. The maximum atomic E-state index is 12.9. The number of halogens is 2. The van der Waals surface area contributed by atoms with E-state index in [4.69, 9.17) is 11.6 Å². The van der Waals surface area contributed by atoms with Gasteiger partial charge in [0.2, 0.25) is 0 Å². The molecule has 2 aromatic rings. The van der Waals surface area contributed by atoms with Gasteiger partial charge in [-0.1, -0.05) is 23.7 Å². The van der Waals surface area contributed by atoms with Crippen LogP contribution in [0.1, 0.15) is 15.9 Å². The Kier molecular flexibility index (Phi) is 3.63. The van der Waals surface area contributed by atoms with Crippen LogP contribution < -0.4 is 5.32 Å². The lowest BCUT2D eigenvalue weighted by atomic mass is 10.1. The molecule has 2 nitrogen and oxygen atoms in total. The van der Waals surface area contributed by atoms with Gasteiger partial charge in [0.25, 0.3) is 5.91 Å². The molecule has 0 aromatic heterocycles. The molecule has 0 unspecified atom stereocenters. The molecule has 1 N–H and O–H groups in total. The molecule has 2 rings (SSSR count). The molecule has 92 valence electrons. The summed E-state index contributed by atoms with van der Waals surface area (Å²) in [5.74, 6) is -0.664. The minimum Gasteiger partial charge on any atom is -0.321 e. The standard InChI is InChI=1S/C14H11ClFNO/c1-9-8-10(16)6-7-11(9)14(18)17-13-5-3-2-4-12(13)15/h2-8H,1H3,(H,17,18). The highest BCUT2D eigenvalue weighted by Crippen LogP contribution is 2.21. The van der Waals surface area contributed by atoms with Crippen molar-refractivity contribution < 1.29 is 9.18 Å². The van der Waals surface area contributed by atoms with Gasteiger partial charge in [0.05, 0.1) is 10.7 Å². The predicted octanol–water partition coefficient (Wildman–Crippen LogP) is 4.04. The Labute approximate surface area is 109 Å². The van der Waals surface area contributed by atoms with Crippen molar-refractivity contribution in [3.8, 4) is 0 Å². The summed E-state index contributed by atoms with van der Waals surface area (Å²) in [5.41, 5.74) is 1.55. The van der Waals surface area contributed by atoms with E-state index in [9.17, 15) is 9.18 Å². The van der Waals surface area contributed by atoms with Crippen LogP contribution in [0.25, 0.3) is 0 Å². The first-order chi connectivity index (χ1) is 8.58. The Morgan fingerprint density at radius 2 is 1.94 bits per heavy atom. The molecule has 0 fully saturated rings. The molecule has 0 aliphatic rings. The van der Waals surface area contributed by atoms with E-state index in [0.29, 0.717) is 21.8 Å². The first kappa shape index (κ1) is 12.6. The third-order valence-electron chi connectivity index (χ3n) is 2.56. The zero-order chi connectivity index (χ0) is 13.1. The second kappa shape index (κ2) is 5.19. The maximum Gasteiger partial charge on any atom is 0.255 e. The lowest BCUT2D eigenvalue weighted by molar-refractivity contribution is 0.102. The molecule has 0 aliphatic carbocycles. The summed E-state index contributed by atoms with van der Waals surface area (Å²) in [5, 5.41) is 3.16. The maximum absolute atomic E-state index is 12.9. The number of anilines is 1. The lowest BCUT2D eigenvalue weighted by Crippen LogP contribution is -2.13. The van der Waals surface area contributed by atoms with E-state index in [2.05, 4.69) is 5.32 Å². The number of benzene rings is 2. The number of carbonyl (C=O) groups excluding carboxylic acids is 1. The molecular weight excluding hydrogens is 253 g/mol. The van der Waals surface area contributed by atoms with Gasteiger partial charge >= 0.3 is 0 Å². The fraction of sp³-hybridized carbons (Fsp3) is 0.0714. The molecular formula is C14H11ClFNO. The highest BCUT2D eigenvalue weighted by Gasteiger charge is 2.11. The van der Waals surface area contributed by atoms with Crippen molar-refractivity contribution in [1.82, 2.24) is 0 Å². The molecule has 0 heterocycles. The smallest absolute Gasteiger partial charge is 0.255 e. The van der Waals surface area contributed by atoms with E-state index in [0.717, 1.165) is 0 Å².